The summed E-state index contributed by atoms with van der Waals surface area (Å²) in [5, 5.41) is 2.38. The monoisotopic (exact) mass is 344 g/mol. The highest BCUT2D eigenvalue weighted by Gasteiger charge is 2.30. The number of nitrogens with zero attached hydrogens (tertiary/aromatic N) is 1. The van der Waals surface area contributed by atoms with E-state index in [-0.39, 0.29) is 11.4 Å². The summed E-state index contributed by atoms with van der Waals surface area (Å²) in [6, 6.07) is 7.66. The molecular formula is C13H8BrF3N2O. The van der Waals surface area contributed by atoms with Crippen LogP contribution in [-0.2, 0) is 6.18 Å². The second-order valence-corrected chi connectivity index (χ2v) is 4.72. The van der Waals surface area contributed by atoms with Crippen LogP contribution in [0.15, 0.2) is 47.1 Å². The molecule has 1 amide bonds. The molecule has 104 valence electrons. The third-order valence-corrected chi connectivity index (χ3v) is 3.06. The van der Waals surface area contributed by atoms with Crippen molar-refractivity contribution in [1.29, 1.82) is 0 Å². The molecule has 3 nitrogen and oxygen atoms in total. The lowest BCUT2D eigenvalue weighted by molar-refractivity contribution is -0.137. The molecule has 1 N–H and O–H groups in total. The number of hydrogen-bond acceptors (Lipinski definition) is 2. The van der Waals surface area contributed by atoms with E-state index in [1.807, 2.05) is 0 Å². The predicted octanol–water partition coefficient (Wildman–Crippen LogP) is 4.12. The van der Waals surface area contributed by atoms with Crippen LogP contribution in [0.25, 0.3) is 0 Å². The lowest BCUT2D eigenvalue weighted by Crippen LogP contribution is -2.15. The van der Waals surface area contributed by atoms with Gasteiger partial charge in [-0.2, -0.15) is 13.2 Å². The summed E-state index contributed by atoms with van der Waals surface area (Å²) < 4.78 is 38.1. The van der Waals surface area contributed by atoms with Crippen LogP contribution in [0.5, 0.6) is 0 Å². The van der Waals surface area contributed by atoms with E-state index in [9.17, 15) is 18.0 Å². The molecule has 1 aromatic heterocycles. The van der Waals surface area contributed by atoms with Gasteiger partial charge in [-0.05, 0) is 46.3 Å². The molecular weight excluding hydrogens is 337 g/mol. The van der Waals surface area contributed by atoms with E-state index in [1.165, 1.54) is 18.3 Å². The minimum absolute atomic E-state index is 0.0578. The fourth-order valence-corrected chi connectivity index (χ4v) is 1.95. The Bertz CT molecular complexity index is 644. The molecule has 0 atom stereocenters. The van der Waals surface area contributed by atoms with Crippen LogP contribution in [0.4, 0.5) is 18.9 Å². The molecule has 20 heavy (non-hydrogen) atoms. The van der Waals surface area contributed by atoms with E-state index in [2.05, 4.69) is 26.2 Å². The maximum Gasteiger partial charge on any atom is 0.416 e. The molecule has 1 heterocycles. The normalized spacial score (nSPS) is 11.2. The number of hydrogen-bond donors (Lipinski definition) is 1. The summed E-state index contributed by atoms with van der Waals surface area (Å²) in [7, 11) is 0. The molecule has 0 unspecified atom stereocenters. The van der Waals surface area contributed by atoms with Crippen LogP contribution in [0, 0.1) is 0 Å². The number of rotatable bonds is 2. The first-order chi connectivity index (χ1) is 9.38. The fourth-order valence-electron chi connectivity index (χ4n) is 1.52. The van der Waals surface area contributed by atoms with Crippen molar-refractivity contribution in [2.24, 2.45) is 0 Å². The minimum Gasteiger partial charge on any atom is -0.321 e. The predicted molar refractivity (Wildman–Crippen MR) is 71.3 cm³/mol. The Balaban J connectivity index is 2.23. The third-order valence-electron chi connectivity index (χ3n) is 2.42. The number of pyridine rings is 1. The largest absolute Gasteiger partial charge is 0.416 e. The van der Waals surface area contributed by atoms with Crippen LogP contribution >= 0.6 is 15.9 Å². The number of benzene rings is 1. The summed E-state index contributed by atoms with van der Waals surface area (Å²) in [6.45, 7) is 0. The van der Waals surface area contributed by atoms with Crippen molar-refractivity contribution >= 4 is 27.5 Å². The number of carbonyl (C=O) groups is 1. The zero-order chi connectivity index (χ0) is 14.8. The Labute approximate surface area is 121 Å². The standard InChI is InChI=1S/C13H8BrF3N2O/c14-10-5-2-6-18-11(10)12(20)19-9-4-1-3-8(7-9)13(15,16)17/h1-7H,(H,19,20). The quantitative estimate of drug-likeness (QED) is 0.890. The van der Waals surface area contributed by atoms with Crippen LogP contribution in [0.2, 0.25) is 0 Å². The first kappa shape index (κ1) is 14.5. The van der Waals surface area contributed by atoms with Gasteiger partial charge in [0.1, 0.15) is 5.69 Å². The van der Waals surface area contributed by atoms with E-state index < -0.39 is 17.6 Å². The van der Waals surface area contributed by atoms with Gasteiger partial charge in [0.25, 0.3) is 5.91 Å². The smallest absolute Gasteiger partial charge is 0.321 e. The van der Waals surface area contributed by atoms with E-state index in [0.717, 1.165) is 12.1 Å². The van der Waals surface area contributed by atoms with Gasteiger partial charge in [0.2, 0.25) is 0 Å². The Kier molecular flexibility index (Phi) is 4.08. The van der Waals surface area contributed by atoms with Gasteiger partial charge in [0, 0.05) is 16.4 Å². The second kappa shape index (κ2) is 5.62. The summed E-state index contributed by atoms with van der Waals surface area (Å²) in [4.78, 5) is 15.8. The minimum atomic E-state index is -4.45. The molecule has 2 aromatic rings. The summed E-state index contributed by atoms with van der Waals surface area (Å²) in [6.07, 6.45) is -3.03. The number of alkyl halides is 3. The van der Waals surface area contributed by atoms with Crippen LogP contribution in [0.3, 0.4) is 0 Å². The van der Waals surface area contributed by atoms with Gasteiger partial charge >= 0.3 is 6.18 Å². The van der Waals surface area contributed by atoms with Crippen LogP contribution in [0.1, 0.15) is 16.1 Å². The Hall–Kier alpha value is -1.89. The molecule has 0 aliphatic carbocycles. The van der Waals surface area contributed by atoms with E-state index in [1.54, 1.807) is 12.1 Å². The molecule has 0 bridgehead atoms. The van der Waals surface area contributed by atoms with Crippen molar-refractivity contribution in [3.8, 4) is 0 Å². The molecule has 1 aromatic carbocycles. The molecule has 0 spiro atoms. The van der Waals surface area contributed by atoms with Crippen molar-refractivity contribution in [3.63, 3.8) is 0 Å². The van der Waals surface area contributed by atoms with Crippen LogP contribution < -0.4 is 5.32 Å². The molecule has 0 radical (unpaired) electrons. The van der Waals surface area contributed by atoms with Gasteiger partial charge in [-0.1, -0.05) is 6.07 Å². The van der Waals surface area contributed by atoms with Gasteiger partial charge in [-0.25, -0.2) is 4.98 Å². The molecule has 2 rings (SSSR count). The van der Waals surface area contributed by atoms with Gasteiger partial charge in [-0.3, -0.25) is 4.79 Å². The fraction of sp³-hybridized carbons (Fsp3) is 0.0769. The number of halogens is 4. The van der Waals surface area contributed by atoms with E-state index in [4.69, 9.17) is 0 Å². The zero-order valence-electron chi connectivity index (χ0n) is 9.91. The Morgan fingerprint density at radius 2 is 1.95 bits per heavy atom. The SMILES string of the molecule is O=C(Nc1cccc(C(F)(F)F)c1)c1ncccc1Br. The highest BCUT2D eigenvalue weighted by molar-refractivity contribution is 9.10. The number of aromatic nitrogens is 1. The van der Waals surface area contributed by atoms with Crippen molar-refractivity contribution in [2.45, 2.75) is 6.18 Å². The summed E-state index contributed by atoms with van der Waals surface area (Å²) >= 11 is 3.15. The third kappa shape index (κ3) is 3.36. The van der Waals surface area contributed by atoms with E-state index in [0.29, 0.717) is 4.47 Å². The average Bonchev–Trinajstić information content (AvgIpc) is 2.38. The maximum absolute atomic E-state index is 12.6. The van der Waals surface area contributed by atoms with Crippen molar-refractivity contribution in [1.82, 2.24) is 4.98 Å². The summed E-state index contributed by atoms with van der Waals surface area (Å²) in [5.74, 6) is -0.586. The molecule has 0 fully saturated rings. The maximum atomic E-state index is 12.6. The molecule has 0 saturated carbocycles. The second-order valence-electron chi connectivity index (χ2n) is 3.87. The number of anilines is 1. The van der Waals surface area contributed by atoms with Gasteiger partial charge in [0.15, 0.2) is 0 Å². The Morgan fingerprint density at radius 3 is 2.60 bits per heavy atom. The number of carbonyl (C=O) groups excluding carboxylic acids is 1. The molecule has 0 aliphatic rings. The molecule has 0 saturated heterocycles. The lowest BCUT2D eigenvalue weighted by Gasteiger charge is -2.10. The summed E-state index contributed by atoms with van der Waals surface area (Å²) in [5.41, 5.74) is -0.664. The highest BCUT2D eigenvalue weighted by Crippen LogP contribution is 2.30. The zero-order valence-corrected chi connectivity index (χ0v) is 11.5. The number of amides is 1. The van der Waals surface area contributed by atoms with Crippen molar-refractivity contribution in [2.75, 3.05) is 5.32 Å². The van der Waals surface area contributed by atoms with Gasteiger partial charge < -0.3 is 5.32 Å². The Morgan fingerprint density at radius 1 is 1.20 bits per heavy atom. The molecule has 7 heteroatoms. The first-order valence-electron chi connectivity index (χ1n) is 5.47. The molecule has 0 aliphatic heterocycles. The highest BCUT2D eigenvalue weighted by atomic mass is 79.9. The first-order valence-corrected chi connectivity index (χ1v) is 6.26. The van der Waals surface area contributed by atoms with Crippen molar-refractivity contribution < 1.29 is 18.0 Å². The topological polar surface area (TPSA) is 42.0 Å². The lowest BCUT2D eigenvalue weighted by atomic mass is 10.2. The van der Waals surface area contributed by atoms with Crippen molar-refractivity contribution in [3.05, 3.63) is 58.3 Å². The van der Waals surface area contributed by atoms with E-state index >= 15 is 0 Å². The van der Waals surface area contributed by atoms with Crippen LogP contribution in [-0.4, -0.2) is 10.9 Å². The van der Waals surface area contributed by atoms with Gasteiger partial charge in [0.05, 0.1) is 5.56 Å². The van der Waals surface area contributed by atoms with Gasteiger partial charge in [-0.15, -0.1) is 0 Å². The number of nitrogens with one attached hydrogen (secondary N) is 1. The average molecular weight is 345 g/mol.